The molecule has 1 aromatic carbocycles. The first-order valence-corrected chi connectivity index (χ1v) is 6.14. The van der Waals surface area contributed by atoms with Crippen LogP contribution in [0.15, 0.2) is 30.3 Å². The third-order valence-electron chi connectivity index (χ3n) is 3.70. The fourth-order valence-electron chi connectivity index (χ4n) is 2.72. The molecule has 1 aliphatic carbocycles. The standard InChI is InChI=1S/C14H19NO2/c1-17-13(16)15-11-14(9-5-6-10-14)12-7-3-2-4-8-12/h2-4,7-8H,5-6,9-11H2,1H3,(H,15,16). The van der Waals surface area contributed by atoms with Gasteiger partial charge in [-0.25, -0.2) is 4.79 Å². The lowest BCUT2D eigenvalue weighted by molar-refractivity contribution is 0.167. The molecule has 3 heteroatoms. The number of hydrogen-bond acceptors (Lipinski definition) is 2. The van der Waals surface area contributed by atoms with Gasteiger partial charge in [0.1, 0.15) is 0 Å². The summed E-state index contributed by atoms with van der Waals surface area (Å²) in [5, 5.41) is 2.85. The van der Waals surface area contributed by atoms with Gasteiger partial charge in [0.15, 0.2) is 0 Å². The van der Waals surface area contributed by atoms with Crippen molar-refractivity contribution < 1.29 is 9.53 Å². The molecular formula is C14H19NO2. The maximum absolute atomic E-state index is 11.2. The smallest absolute Gasteiger partial charge is 0.406 e. The molecule has 0 aliphatic heterocycles. The van der Waals surface area contributed by atoms with E-state index in [1.54, 1.807) is 0 Å². The molecule has 0 saturated heterocycles. The van der Waals surface area contributed by atoms with Crippen molar-refractivity contribution in [2.24, 2.45) is 0 Å². The first kappa shape index (κ1) is 12.0. The highest BCUT2D eigenvalue weighted by Gasteiger charge is 2.35. The molecule has 1 aromatic rings. The molecule has 0 unspecified atom stereocenters. The highest BCUT2D eigenvalue weighted by molar-refractivity contribution is 5.67. The van der Waals surface area contributed by atoms with Crippen molar-refractivity contribution >= 4 is 6.09 Å². The predicted octanol–water partition coefficient (Wildman–Crippen LogP) is 2.85. The monoisotopic (exact) mass is 233 g/mol. The molecule has 0 spiro atoms. The Labute approximate surface area is 102 Å². The Bertz CT molecular complexity index is 369. The fourth-order valence-corrected chi connectivity index (χ4v) is 2.72. The molecule has 0 radical (unpaired) electrons. The molecular weight excluding hydrogens is 214 g/mol. The number of hydrogen-bond donors (Lipinski definition) is 1. The van der Waals surface area contributed by atoms with Gasteiger partial charge < -0.3 is 10.1 Å². The quantitative estimate of drug-likeness (QED) is 0.871. The lowest BCUT2D eigenvalue weighted by Gasteiger charge is -2.29. The topological polar surface area (TPSA) is 38.3 Å². The number of benzene rings is 1. The molecule has 1 aliphatic rings. The minimum absolute atomic E-state index is 0.107. The predicted molar refractivity (Wildman–Crippen MR) is 67.0 cm³/mol. The second-order valence-electron chi connectivity index (χ2n) is 4.70. The van der Waals surface area contributed by atoms with Gasteiger partial charge in [-0.2, -0.15) is 0 Å². The van der Waals surface area contributed by atoms with E-state index in [1.165, 1.54) is 25.5 Å². The Morgan fingerprint density at radius 2 is 1.94 bits per heavy atom. The number of alkyl carbamates (subject to hydrolysis) is 1. The summed E-state index contributed by atoms with van der Waals surface area (Å²) < 4.78 is 4.64. The normalized spacial score (nSPS) is 17.7. The maximum Gasteiger partial charge on any atom is 0.406 e. The number of methoxy groups -OCH3 is 1. The fraction of sp³-hybridized carbons (Fsp3) is 0.500. The molecule has 0 heterocycles. The van der Waals surface area contributed by atoms with Crippen LogP contribution in [0.4, 0.5) is 4.79 Å². The Morgan fingerprint density at radius 3 is 2.53 bits per heavy atom. The number of nitrogens with one attached hydrogen (secondary N) is 1. The number of ether oxygens (including phenoxy) is 1. The van der Waals surface area contributed by atoms with Crippen molar-refractivity contribution in [1.29, 1.82) is 0 Å². The molecule has 0 atom stereocenters. The van der Waals surface area contributed by atoms with E-state index in [-0.39, 0.29) is 11.5 Å². The van der Waals surface area contributed by atoms with Crippen LogP contribution in [0, 0.1) is 0 Å². The average Bonchev–Trinajstić information content (AvgIpc) is 2.87. The molecule has 1 saturated carbocycles. The van der Waals surface area contributed by atoms with Gasteiger partial charge in [-0.05, 0) is 18.4 Å². The van der Waals surface area contributed by atoms with E-state index in [1.807, 2.05) is 6.07 Å². The van der Waals surface area contributed by atoms with E-state index < -0.39 is 0 Å². The van der Waals surface area contributed by atoms with Crippen LogP contribution in [0.3, 0.4) is 0 Å². The number of carbonyl (C=O) groups excluding carboxylic acids is 1. The van der Waals surface area contributed by atoms with Crippen LogP contribution in [-0.4, -0.2) is 19.7 Å². The molecule has 17 heavy (non-hydrogen) atoms. The van der Waals surface area contributed by atoms with Gasteiger partial charge in [0.05, 0.1) is 7.11 Å². The minimum atomic E-state index is -0.341. The van der Waals surface area contributed by atoms with Gasteiger partial charge in [-0.3, -0.25) is 0 Å². The average molecular weight is 233 g/mol. The molecule has 92 valence electrons. The second-order valence-corrected chi connectivity index (χ2v) is 4.70. The van der Waals surface area contributed by atoms with Crippen LogP contribution in [0.2, 0.25) is 0 Å². The van der Waals surface area contributed by atoms with E-state index in [0.29, 0.717) is 6.54 Å². The van der Waals surface area contributed by atoms with Crippen molar-refractivity contribution in [3.05, 3.63) is 35.9 Å². The first-order chi connectivity index (χ1) is 8.27. The van der Waals surface area contributed by atoms with Crippen molar-refractivity contribution in [2.75, 3.05) is 13.7 Å². The summed E-state index contributed by atoms with van der Waals surface area (Å²) in [6, 6.07) is 10.5. The van der Waals surface area contributed by atoms with Crippen LogP contribution in [0.1, 0.15) is 31.2 Å². The summed E-state index contributed by atoms with van der Waals surface area (Å²) in [6.45, 7) is 0.670. The van der Waals surface area contributed by atoms with Crippen LogP contribution < -0.4 is 5.32 Å². The highest BCUT2D eigenvalue weighted by Crippen LogP contribution is 2.40. The lowest BCUT2D eigenvalue weighted by Crippen LogP contribution is -2.38. The van der Waals surface area contributed by atoms with E-state index in [0.717, 1.165) is 12.8 Å². The van der Waals surface area contributed by atoms with Crippen LogP contribution in [0.25, 0.3) is 0 Å². The molecule has 0 bridgehead atoms. The Morgan fingerprint density at radius 1 is 1.29 bits per heavy atom. The molecule has 0 aromatic heterocycles. The van der Waals surface area contributed by atoms with Gasteiger partial charge in [0.25, 0.3) is 0 Å². The second kappa shape index (κ2) is 5.21. The van der Waals surface area contributed by atoms with Gasteiger partial charge >= 0.3 is 6.09 Å². The molecule has 1 fully saturated rings. The zero-order valence-corrected chi connectivity index (χ0v) is 10.2. The summed E-state index contributed by atoms with van der Waals surface area (Å²) in [4.78, 5) is 11.2. The molecule has 2 rings (SSSR count). The van der Waals surface area contributed by atoms with E-state index >= 15 is 0 Å². The highest BCUT2D eigenvalue weighted by atomic mass is 16.5. The van der Waals surface area contributed by atoms with Crippen molar-refractivity contribution in [1.82, 2.24) is 5.32 Å². The summed E-state index contributed by atoms with van der Waals surface area (Å²) in [5.74, 6) is 0. The lowest BCUT2D eigenvalue weighted by atomic mass is 9.79. The van der Waals surface area contributed by atoms with Crippen molar-refractivity contribution in [3.8, 4) is 0 Å². The number of amides is 1. The van der Waals surface area contributed by atoms with Crippen LogP contribution >= 0.6 is 0 Å². The summed E-state index contributed by atoms with van der Waals surface area (Å²) in [7, 11) is 1.40. The van der Waals surface area contributed by atoms with Crippen molar-refractivity contribution in [3.63, 3.8) is 0 Å². The SMILES string of the molecule is COC(=O)NCC1(c2ccccc2)CCCC1. The third kappa shape index (κ3) is 2.60. The Hall–Kier alpha value is -1.51. The van der Waals surface area contributed by atoms with Gasteiger partial charge in [-0.15, -0.1) is 0 Å². The van der Waals surface area contributed by atoms with E-state index in [9.17, 15) is 4.79 Å². The van der Waals surface area contributed by atoms with Gasteiger partial charge in [-0.1, -0.05) is 43.2 Å². The summed E-state index contributed by atoms with van der Waals surface area (Å²) in [6.07, 6.45) is 4.41. The zero-order valence-electron chi connectivity index (χ0n) is 10.2. The molecule has 1 amide bonds. The minimum Gasteiger partial charge on any atom is -0.453 e. The molecule has 1 N–H and O–H groups in total. The maximum atomic E-state index is 11.2. The first-order valence-electron chi connectivity index (χ1n) is 6.14. The zero-order chi connectivity index (χ0) is 12.1. The number of carbonyl (C=O) groups is 1. The van der Waals surface area contributed by atoms with Gasteiger partial charge in [0.2, 0.25) is 0 Å². The summed E-state index contributed by atoms with van der Waals surface area (Å²) >= 11 is 0. The largest absolute Gasteiger partial charge is 0.453 e. The summed E-state index contributed by atoms with van der Waals surface area (Å²) in [5.41, 5.74) is 1.43. The van der Waals surface area contributed by atoms with Crippen LogP contribution in [0.5, 0.6) is 0 Å². The Kier molecular flexibility index (Phi) is 3.67. The molecule has 3 nitrogen and oxygen atoms in total. The third-order valence-corrected chi connectivity index (χ3v) is 3.70. The van der Waals surface area contributed by atoms with Crippen molar-refractivity contribution in [2.45, 2.75) is 31.1 Å². The number of rotatable bonds is 3. The van der Waals surface area contributed by atoms with E-state index in [2.05, 4.69) is 34.3 Å². The Balaban J connectivity index is 2.13. The van der Waals surface area contributed by atoms with E-state index in [4.69, 9.17) is 0 Å². The van der Waals surface area contributed by atoms with Crippen LogP contribution in [-0.2, 0) is 10.2 Å². The van der Waals surface area contributed by atoms with Gasteiger partial charge in [0, 0.05) is 12.0 Å².